The van der Waals surface area contributed by atoms with Gasteiger partial charge in [-0.05, 0) is 36.8 Å². The summed E-state index contributed by atoms with van der Waals surface area (Å²) in [6.45, 7) is 4.90. The van der Waals surface area contributed by atoms with Crippen molar-refractivity contribution in [1.82, 2.24) is 9.62 Å². The van der Waals surface area contributed by atoms with E-state index in [0.717, 1.165) is 35.4 Å². The summed E-state index contributed by atoms with van der Waals surface area (Å²) in [5, 5.41) is 0. The van der Waals surface area contributed by atoms with Gasteiger partial charge in [0.05, 0.1) is 29.7 Å². The molecule has 1 heterocycles. The summed E-state index contributed by atoms with van der Waals surface area (Å²) in [4.78, 5) is 1.90. The quantitative estimate of drug-likeness (QED) is 0.767. The molecule has 1 fully saturated rings. The number of rotatable bonds is 6. The third-order valence-electron chi connectivity index (χ3n) is 4.81. The summed E-state index contributed by atoms with van der Waals surface area (Å²) in [6.07, 6.45) is -4.52. The Bertz CT molecular complexity index is 907. The molecule has 0 aliphatic carbocycles. The summed E-state index contributed by atoms with van der Waals surface area (Å²) in [6, 6.07) is 10.5. The summed E-state index contributed by atoms with van der Waals surface area (Å²) in [5.74, 6) is 0. The molecule has 0 saturated carbocycles. The molecule has 0 bridgehead atoms. The highest BCUT2D eigenvalue weighted by atomic mass is 32.2. The van der Waals surface area contributed by atoms with E-state index in [1.54, 1.807) is 0 Å². The fraction of sp³-hybridized carbons (Fsp3) is 0.400. The monoisotopic (exact) mass is 428 g/mol. The predicted molar refractivity (Wildman–Crippen MR) is 103 cm³/mol. The van der Waals surface area contributed by atoms with E-state index in [1.165, 1.54) is 0 Å². The molecule has 1 atom stereocenters. The fourth-order valence-electron chi connectivity index (χ4n) is 3.13. The molecule has 5 nitrogen and oxygen atoms in total. The maximum atomic E-state index is 12.8. The number of halogens is 3. The normalized spacial score (nSPS) is 17.2. The lowest BCUT2D eigenvalue weighted by Gasteiger charge is -2.31. The summed E-state index contributed by atoms with van der Waals surface area (Å²) in [7, 11) is -4.01. The number of hydrogen-bond donors (Lipinski definition) is 1. The maximum absolute atomic E-state index is 12.8. The first-order chi connectivity index (χ1) is 13.6. The Hall–Kier alpha value is -1.94. The Morgan fingerprint density at radius 3 is 2.17 bits per heavy atom. The van der Waals surface area contributed by atoms with E-state index in [9.17, 15) is 21.6 Å². The molecule has 0 amide bonds. The van der Waals surface area contributed by atoms with Gasteiger partial charge >= 0.3 is 6.18 Å². The van der Waals surface area contributed by atoms with Crippen molar-refractivity contribution in [3.63, 3.8) is 0 Å². The number of alkyl halides is 3. The molecule has 0 aromatic heterocycles. The molecule has 2 aromatic rings. The van der Waals surface area contributed by atoms with Crippen LogP contribution in [0, 0.1) is 6.92 Å². The molecule has 2 aromatic carbocycles. The van der Waals surface area contributed by atoms with Crippen molar-refractivity contribution in [3.05, 3.63) is 65.2 Å². The van der Waals surface area contributed by atoms with E-state index < -0.39 is 27.8 Å². The van der Waals surface area contributed by atoms with Crippen LogP contribution in [0.4, 0.5) is 13.2 Å². The van der Waals surface area contributed by atoms with Crippen molar-refractivity contribution in [2.24, 2.45) is 0 Å². The van der Waals surface area contributed by atoms with Crippen molar-refractivity contribution in [1.29, 1.82) is 0 Å². The summed E-state index contributed by atoms with van der Waals surface area (Å²) in [5.41, 5.74) is 0.946. The Labute approximate surface area is 168 Å². The van der Waals surface area contributed by atoms with Crippen LogP contribution in [0.15, 0.2) is 53.4 Å². The molecule has 1 saturated heterocycles. The lowest BCUT2D eigenvalue weighted by molar-refractivity contribution is -0.137. The second-order valence-electron chi connectivity index (χ2n) is 7.02. The van der Waals surface area contributed by atoms with Gasteiger partial charge in [-0.15, -0.1) is 0 Å². The zero-order chi connectivity index (χ0) is 21.1. The molecule has 29 heavy (non-hydrogen) atoms. The van der Waals surface area contributed by atoms with Gasteiger partial charge in [0.25, 0.3) is 0 Å². The number of hydrogen-bond acceptors (Lipinski definition) is 4. The third kappa shape index (κ3) is 5.79. The van der Waals surface area contributed by atoms with Crippen molar-refractivity contribution < 1.29 is 26.3 Å². The van der Waals surface area contributed by atoms with Gasteiger partial charge in [-0.2, -0.15) is 13.2 Å². The van der Waals surface area contributed by atoms with Gasteiger partial charge < -0.3 is 4.74 Å². The van der Waals surface area contributed by atoms with Gasteiger partial charge in [0, 0.05) is 19.6 Å². The van der Waals surface area contributed by atoms with Gasteiger partial charge in [0.15, 0.2) is 0 Å². The van der Waals surface area contributed by atoms with Gasteiger partial charge in [-0.25, -0.2) is 13.1 Å². The Morgan fingerprint density at radius 2 is 1.62 bits per heavy atom. The first-order valence-corrected chi connectivity index (χ1v) is 10.7. The first-order valence-electron chi connectivity index (χ1n) is 9.21. The van der Waals surface area contributed by atoms with Crippen LogP contribution in [-0.2, 0) is 20.9 Å². The van der Waals surface area contributed by atoms with Crippen LogP contribution in [0.2, 0.25) is 0 Å². The van der Waals surface area contributed by atoms with Crippen LogP contribution in [0.3, 0.4) is 0 Å². The third-order valence-corrected chi connectivity index (χ3v) is 6.30. The highest BCUT2D eigenvalue weighted by Gasteiger charge is 2.31. The smallest absolute Gasteiger partial charge is 0.379 e. The fourth-order valence-corrected chi connectivity index (χ4v) is 4.35. The first kappa shape index (κ1) is 21.8. The van der Waals surface area contributed by atoms with Crippen LogP contribution in [0.5, 0.6) is 0 Å². The summed E-state index contributed by atoms with van der Waals surface area (Å²) >= 11 is 0. The maximum Gasteiger partial charge on any atom is 0.416 e. The van der Waals surface area contributed by atoms with E-state index in [1.807, 2.05) is 31.2 Å². The molecule has 1 aliphatic heterocycles. The van der Waals surface area contributed by atoms with Crippen molar-refractivity contribution in [2.75, 3.05) is 32.8 Å². The molecule has 1 aliphatic rings. The number of morpholine rings is 1. The van der Waals surface area contributed by atoms with E-state index in [-0.39, 0.29) is 4.90 Å². The molecule has 1 unspecified atom stereocenters. The molecular weight excluding hydrogens is 405 g/mol. The molecule has 0 spiro atoms. The number of aryl methyl sites for hydroxylation is 1. The van der Waals surface area contributed by atoms with Gasteiger partial charge in [0.2, 0.25) is 10.0 Å². The minimum atomic E-state index is -4.52. The van der Waals surface area contributed by atoms with Gasteiger partial charge in [-0.3, -0.25) is 4.90 Å². The molecule has 3 rings (SSSR count). The number of nitrogens with one attached hydrogen (secondary N) is 1. The zero-order valence-corrected chi connectivity index (χ0v) is 16.8. The van der Waals surface area contributed by atoms with Crippen molar-refractivity contribution in [3.8, 4) is 0 Å². The van der Waals surface area contributed by atoms with E-state index in [0.29, 0.717) is 32.8 Å². The van der Waals surface area contributed by atoms with Crippen LogP contribution >= 0.6 is 0 Å². The molecule has 158 valence electrons. The van der Waals surface area contributed by atoms with Gasteiger partial charge in [0.1, 0.15) is 0 Å². The average molecular weight is 428 g/mol. The highest BCUT2D eigenvalue weighted by molar-refractivity contribution is 7.89. The molecule has 9 heteroatoms. The molecular formula is C20H23F3N2O3S. The molecule has 1 N–H and O–H groups in total. The highest BCUT2D eigenvalue weighted by Crippen LogP contribution is 2.30. The Morgan fingerprint density at radius 1 is 1.03 bits per heavy atom. The minimum Gasteiger partial charge on any atom is -0.379 e. The SMILES string of the molecule is Cc1ccc(C(CN2CCOCC2)NS(=O)(=O)c2ccc(C(F)(F)F)cc2)cc1. The predicted octanol–water partition coefficient (Wildman–Crippen LogP) is 3.37. The van der Waals surface area contributed by atoms with Crippen molar-refractivity contribution >= 4 is 10.0 Å². The lowest BCUT2D eigenvalue weighted by atomic mass is 10.1. The van der Waals surface area contributed by atoms with Crippen LogP contribution < -0.4 is 4.72 Å². The number of nitrogens with zero attached hydrogens (tertiary/aromatic N) is 1. The second-order valence-corrected chi connectivity index (χ2v) is 8.73. The minimum absolute atomic E-state index is 0.204. The van der Waals surface area contributed by atoms with E-state index in [4.69, 9.17) is 4.74 Å². The molecule has 0 radical (unpaired) electrons. The van der Waals surface area contributed by atoms with Crippen molar-refractivity contribution in [2.45, 2.75) is 24.0 Å². The van der Waals surface area contributed by atoms with Crippen LogP contribution in [0.1, 0.15) is 22.7 Å². The number of benzene rings is 2. The number of ether oxygens (including phenoxy) is 1. The Kier molecular flexibility index (Phi) is 6.62. The topological polar surface area (TPSA) is 58.6 Å². The van der Waals surface area contributed by atoms with E-state index >= 15 is 0 Å². The second kappa shape index (κ2) is 8.83. The zero-order valence-electron chi connectivity index (χ0n) is 15.9. The van der Waals surface area contributed by atoms with Crippen LogP contribution in [-0.4, -0.2) is 46.2 Å². The average Bonchev–Trinajstić information content (AvgIpc) is 2.68. The van der Waals surface area contributed by atoms with Gasteiger partial charge in [-0.1, -0.05) is 29.8 Å². The van der Waals surface area contributed by atoms with E-state index in [2.05, 4.69) is 9.62 Å². The largest absolute Gasteiger partial charge is 0.416 e. The number of sulfonamides is 1. The lowest BCUT2D eigenvalue weighted by Crippen LogP contribution is -2.43. The standard InChI is InChI=1S/C20H23F3N2O3S/c1-15-2-4-16(5-3-15)19(14-25-10-12-28-13-11-25)24-29(26,27)18-8-6-17(7-9-18)20(21,22)23/h2-9,19,24H,10-14H2,1H3. The van der Waals surface area contributed by atoms with Crippen LogP contribution in [0.25, 0.3) is 0 Å². The summed E-state index contributed by atoms with van der Waals surface area (Å²) < 4.78 is 72.0. The Balaban J connectivity index is 1.84.